The molecule has 1 aromatic carbocycles. The van der Waals surface area contributed by atoms with E-state index in [1.807, 2.05) is 0 Å². The summed E-state index contributed by atoms with van der Waals surface area (Å²) in [5, 5.41) is 0. The monoisotopic (exact) mass is 223 g/mol. The Bertz CT molecular complexity index is 390. The quantitative estimate of drug-likeness (QED) is 0.722. The molecule has 0 spiro atoms. The fourth-order valence-corrected chi connectivity index (χ4v) is 1.19. The van der Waals surface area contributed by atoms with Gasteiger partial charge in [-0.2, -0.15) is 0 Å². The van der Waals surface area contributed by atoms with Crippen LogP contribution in [0, 0.1) is 0 Å². The topological polar surface area (TPSA) is 78.6 Å². The van der Waals surface area contributed by atoms with Gasteiger partial charge in [-0.05, 0) is 12.1 Å². The van der Waals surface area contributed by atoms with Crippen LogP contribution < -0.4 is 15.2 Å². The van der Waals surface area contributed by atoms with E-state index in [2.05, 4.69) is 0 Å². The summed E-state index contributed by atoms with van der Waals surface area (Å²) in [6.45, 7) is 0.122. The molecule has 16 heavy (non-hydrogen) atoms. The number of benzene rings is 1. The number of nitrogens with two attached hydrogens (primary N) is 1. The van der Waals surface area contributed by atoms with Crippen molar-refractivity contribution in [2.75, 3.05) is 13.7 Å². The van der Waals surface area contributed by atoms with Gasteiger partial charge in [0.2, 0.25) is 5.91 Å². The van der Waals surface area contributed by atoms with Crippen molar-refractivity contribution >= 4 is 12.2 Å². The summed E-state index contributed by atoms with van der Waals surface area (Å²) in [5.74, 6) is 0.331. The fourth-order valence-electron chi connectivity index (χ4n) is 1.19. The molecule has 0 saturated carbocycles. The lowest BCUT2D eigenvalue weighted by Crippen LogP contribution is -2.15. The highest BCUT2D eigenvalue weighted by Crippen LogP contribution is 2.29. The van der Waals surface area contributed by atoms with E-state index in [4.69, 9.17) is 15.2 Å². The Morgan fingerprint density at radius 2 is 2.25 bits per heavy atom. The minimum atomic E-state index is -0.456. The van der Waals surface area contributed by atoms with Crippen LogP contribution in [-0.4, -0.2) is 25.9 Å². The molecular weight excluding hydrogens is 210 g/mol. The highest BCUT2D eigenvalue weighted by molar-refractivity contribution is 5.81. The van der Waals surface area contributed by atoms with E-state index >= 15 is 0 Å². The van der Waals surface area contributed by atoms with Crippen LogP contribution in [0.4, 0.5) is 0 Å². The van der Waals surface area contributed by atoms with Crippen LogP contribution >= 0.6 is 0 Å². The Balaban J connectivity index is 2.82. The maximum atomic E-state index is 10.8. The average Bonchev–Trinajstić information content (AvgIpc) is 2.28. The van der Waals surface area contributed by atoms with Gasteiger partial charge >= 0.3 is 0 Å². The van der Waals surface area contributed by atoms with Crippen LogP contribution in [0.15, 0.2) is 18.2 Å². The largest absolute Gasteiger partial charge is 0.493 e. The highest BCUT2D eigenvalue weighted by atomic mass is 16.5. The molecule has 0 aliphatic rings. The first-order valence-electron chi connectivity index (χ1n) is 4.72. The minimum Gasteiger partial charge on any atom is -0.493 e. The zero-order valence-corrected chi connectivity index (χ0v) is 8.93. The molecule has 0 aliphatic carbocycles. The van der Waals surface area contributed by atoms with E-state index in [0.29, 0.717) is 23.3 Å². The second-order valence-electron chi connectivity index (χ2n) is 3.06. The first-order chi connectivity index (χ1) is 7.69. The molecule has 0 saturated heterocycles. The van der Waals surface area contributed by atoms with E-state index in [0.717, 1.165) is 0 Å². The van der Waals surface area contributed by atoms with Gasteiger partial charge in [-0.3, -0.25) is 9.59 Å². The summed E-state index contributed by atoms with van der Waals surface area (Å²) in [4.78, 5) is 21.3. The fraction of sp³-hybridized carbons (Fsp3) is 0.273. The minimum absolute atomic E-state index is 0.0936. The van der Waals surface area contributed by atoms with Crippen LogP contribution in [0.3, 0.4) is 0 Å². The zero-order valence-electron chi connectivity index (χ0n) is 8.93. The van der Waals surface area contributed by atoms with Crippen molar-refractivity contribution in [2.24, 2.45) is 5.73 Å². The van der Waals surface area contributed by atoms with E-state index in [1.165, 1.54) is 7.11 Å². The molecule has 0 heterocycles. The van der Waals surface area contributed by atoms with Gasteiger partial charge in [0, 0.05) is 0 Å². The third kappa shape index (κ3) is 2.98. The Hall–Kier alpha value is -2.04. The van der Waals surface area contributed by atoms with Crippen molar-refractivity contribution in [3.63, 3.8) is 0 Å². The third-order valence-corrected chi connectivity index (χ3v) is 1.95. The molecule has 0 fully saturated rings. The number of amides is 1. The number of rotatable bonds is 6. The van der Waals surface area contributed by atoms with E-state index in [1.54, 1.807) is 18.2 Å². The number of hydrogen-bond acceptors (Lipinski definition) is 4. The van der Waals surface area contributed by atoms with Crippen LogP contribution in [0.25, 0.3) is 0 Å². The molecule has 1 rings (SSSR count). The molecule has 0 atom stereocenters. The number of hydrogen-bond donors (Lipinski definition) is 1. The number of para-hydroxylation sites is 1. The molecular formula is C11H13NO4. The standard InChI is InChI=1S/C11H13NO4/c1-15-9-4-2-3-8(7-13)11(9)16-6-5-10(12)14/h2-4,7H,5-6H2,1H3,(H2,12,14). The number of ether oxygens (including phenoxy) is 2. The lowest BCUT2D eigenvalue weighted by Gasteiger charge is -2.11. The Labute approximate surface area is 93.1 Å². The third-order valence-electron chi connectivity index (χ3n) is 1.95. The van der Waals surface area contributed by atoms with Gasteiger partial charge in [0.15, 0.2) is 17.8 Å². The van der Waals surface area contributed by atoms with E-state index < -0.39 is 5.91 Å². The number of primary amides is 1. The van der Waals surface area contributed by atoms with Gasteiger partial charge in [0.1, 0.15) is 0 Å². The first-order valence-corrected chi connectivity index (χ1v) is 4.72. The average molecular weight is 223 g/mol. The molecule has 0 radical (unpaired) electrons. The molecule has 2 N–H and O–H groups in total. The van der Waals surface area contributed by atoms with Crippen molar-refractivity contribution in [1.82, 2.24) is 0 Å². The number of aldehydes is 1. The lowest BCUT2D eigenvalue weighted by atomic mass is 10.2. The van der Waals surface area contributed by atoms with Crippen molar-refractivity contribution in [3.8, 4) is 11.5 Å². The molecule has 86 valence electrons. The van der Waals surface area contributed by atoms with Gasteiger partial charge in [0.05, 0.1) is 25.7 Å². The highest BCUT2D eigenvalue weighted by Gasteiger charge is 2.10. The first kappa shape index (κ1) is 12.0. The van der Waals surface area contributed by atoms with Crippen molar-refractivity contribution in [1.29, 1.82) is 0 Å². The summed E-state index contributed by atoms with van der Waals surface area (Å²) >= 11 is 0. The molecule has 0 unspecified atom stereocenters. The normalized spacial score (nSPS) is 9.56. The molecule has 0 bridgehead atoms. The zero-order chi connectivity index (χ0) is 12.0. The van der Waals surface area contributed by atoms with Crippen LogP contribution in [0.1, 0.15) is 16.8 Å². The summed E-state index contributed by atoms with van der Waals surface area (Å²) in [6.07, 6.45) is 0.762. The molecule has 5 heteroatoms. The van der Waals surface area contributed by atoms with Crippen molar-refractivity contribution in [2.45, 2.75) is 6.42 Å². The number of methoxy groups -OCH3 is 1. The summed E-state index contributed by atoms with van der Waals surface area (Å²) in [5.41, 5.74) is 5.36. The maximum Gasteiger partial charge on any atom is 0.220 e. The van der Waals surface area contributed by atoms with Crippen molar-refractivity contribution in [3.05, 3.63) is 23.8 Å². The molecule has 1 aromatic rings. The SMILES string of the molecule is COc1cccc(C=O)c1OCCC(N)=O. The number of carbonyl (C=O) groups excluding carboxylic acids is 2. The molecule has 5 nitrogen and oxygen atoms in total. The van der Waals surface area contributed by atoms with Gasteiger partial charge in [-0.25, -0.2) is 0 Å². The Morgan fingerprint density at radius 3 is 2.81 bits per heavy atom. The second-order valence-corrected chi connectivity index (χ2v) is 3.06. The molecule has 0 aromatic heterocycles. The summed E-state index contributed by atoms with van der Waals surface area (Å²) in [6, 6.07) is 4.96. The van der Waals surface area contributed by atoms with Crippen LogP contribution in [0.5, 0.6) is 11.5 Å². The van der Waals surface area contributed by atoms with Crippen LogP contribution in [-0.2, 0) is 4.79 Å². The van der Waals surface area contributed by atoms with E-state index in [-0.39, 0.29) is 13.0 Å². The van der Waals surface area contributed by atoms with Gasteiger partial charge < -0.3 is 15.2 Å². The smallest absolute Gasteiger partial charge is 0.220 e. The number of carbonyl (C=O) groups is 2. The second kappa shape index (κ2) is 5.75. The Morgan fingerprint density at radius 1 is 1.50 bits per heavy atom. The van der Waals surface area contributed by atoms with Crippen LogP contribution in [0.2, 0.25) is 0 Å². The van der Waals surface area contributed by atoms with Gasteiger partial charge in [-0.1, -0.05) is 6.07 Å². The van der Waals surface area contributed by atoms with Gasteiger partial charge in [-0.15, -0.1) is 0 Å². The predicted molar refractivity (Wildman–Crippen MR) is 57.7 cm³/mol. The summed E-state index contributed by atoms with van der Waals surface area (Å²) < 4.78 is 10.3. The molecule has 0 aliphatic heterocycles. The summed E-state index contributed by atoms with van der Waals surface area (Å²) in [7, 11) is 1.48. The maximum absolute atomic E-state index is 10.8. The van der Waals surface area contributed by atoms with E-state index in [9.17, 15) is 9.59 Å². The lowest BCUT2D eigenvalue weighted by molar-refractivity contribution is -0.118. The predicted octanol–water partition coefficient (Wildman–Crippen LogP) is 0.762. The Kier molecular flexibility index (Phi) is 4.32. The van der Waals surface area contributed by atoms with Gasteiger partial charge in [0.25, 0.3) is 0 Å². The van der Waals surface area contributed by atoms with Crippen molar-refractivity contribution < 1.29 is 19.1 Å². The molecule has 1 amide bonds.